The maximum atomic E-state index is 13.9. The van der Waals surface area contributed by atoms with Crippen molar-refractivity contribution in [2.75, 3.05) is 6.54 Å². The van der Waals surface area contributed by atoms with Crippen LogP contribution in [0, 0.1) is 5.82 Å². The van der Waals surface area contributed by atoms with E-state index in [2.05, 4.69) is 5.32 Å². The summed E-state index contributed by atoms with van der Waals surface area (Å²) in [5.74, 6) is -0.187. The number of nitrogens with one attached hydrogen (secondary N) is 1. The number of halogens is 2. The summed E-state index contributed by atoms with van der Waals surface area (Å²) in [6.07, 6.45) is 0. The zero-order valence-corrected chi connectivity index (χ0v) is 11.0. The molecule has 0 saturated carbocycles. The normalized spacial score (nSPS) is 10.6. The van der Waals surface area contributed by atoms with Crippen molar-refractivity contribution in [2.45, 2.75) is 13.5 Å². The van der Waals surface area contributed by atoms with Gasteiger partial charge in [0.2, 0.25) is 0 Å². The molecule has 1 N–H and O–H groups in total. The highest BCUT2D eigenvalue weighted by Crippen LogP contribution is 2.24. The third-order valence-corrected chi connectivity index (χ3v) is 3.01. The molecule has 0 aliphatic rings. The fraction of sp³-hybridized carbons (Fsp3) is 0.200. The van der Waals surface area contributed by atoms with E-state index in [0.717, 1.165) is 17.7 Å². The summed E-state index contributed by atoms with van der Waals surface area (Å²) in [5, 5.41) is 3.77. The van der Waals surface area contributed by atoms with Gasteiger partial charge in [0.15, 0.2) is 0 Å². The van der Waals surface area contributed by atoms with Gasteiger partial charge in [-0.3, -0.25) is 0 Å². The molecule has 94 valence electrons. The van der Waals surface area contributed by atoms with Gasteiger partial charge in [-0.25, -0.2) is 4.39 Å². The van der Waals surface area contributed by atoms with Gasteiger partial charge in [0.05, 0.1) is 0 Å². The molecule has 18 heavy (non-hydrogen) atoms. The second-order valence-electron chi connectivity index (χ2n) is 4.10. The first-order chi connectivity index (χ1) is 8.70. The van der Waals surface area contributed by atoms with Crippen molar-refractivity contribution in [3.63, 3.8) is 0 Å². The lowest BCUT2D eigenvalue weighted by Crippen LogP contribution is -2.12. The van der Waals surface area contributed by atoms with Crippen LogP contribution in [0.1, 0.15) is 12.5 Å². The highest BCUT2D eigenvalue weighted by molar-refractivity contribution is 6.30. The summed E-state index contributed by atoms with van der Waals surface area (Å²) in [6.45, 7) is 3.38. The van der Waals surface area contributed by atoms with Crippen LogP contribution in [0.15, 0.2) is 42.5 Å². The largest absolute Gasteiger partial charge is 0.313 e. The Morgan fingerprint density at radius 1 is 1.11 bits per heavy atom. The maximum absolute atomic E-state index is 13.9. The molecule has 3 heteroatoms. The van der Waals surface area contributed by atoms with E-state index in [0.29, 0.717) is 17.1 Å². The Morgan fingerprint density at radius 3 is 2.56 bits per heavy atom. The summed E-state index contributed by atoms with van der Waals surface area (Å²) >= 11 is 5.93. The van der Waals surface area contributed by atoms with Gasteiger partial charge in [-0.1, -0.05) is 42.8 Å². The van der Waals surface area contributed by atoms with Crippen molar-refractivity contribution in [3.05, 3.63) is 58.9 Å². The summed E-state index contributed by atoms with van der Waals surface area (Å²) in [7, 11) is 0. The predicted molar refractivity (Wildman–Crippen MR) is 74.2 cm³/mol. The fourth-order valence-corrected chi connectivity index (χ4v) is 1.99. The highest BCUT2D eigenvalue weighted by Gasteiger charge is 2.05. The minimum absolute atomic E-state index is 0.187. The molecule has 0 fully saturated rings. The van der Waals surface area contributed by atoms with Crippen molar-refractivity contribution >= 4 is 11.6 Å². The zero-order valence-electron chi connectivity index (χ0n) is 10.2. The molecule has 2 rings (SSSR count). The lowest BCUT2D eigenvalue weighted by molar-refractivity contribution is 0.594. The lowest BCUT2D eigenvalue weighted by atomic mass is 10.0. The summed E-state index contributed by atoms with van der Waals surface area (Å²) < 4.78 is 13.9. The van der Waals surface area contributed by atoms with Gasteiger partial charge in [0, 0.05) is 17.1 Å². The molecule has 0 atom stereocenters. The standard InChI is InChI=1S/C15H15ClFN/c1-2-18-10-13-7-6-12(9-15(13)17)11-4-3-5-14(16)8-11/h3-9,18H,2,10H2,1H3. The van der Waals surface area contributed by atoms with Gasteiger partial charge in [-0.15, -0.1) is 0 Å². The van der Waals surface area contributed by atoms with Crippen LogP contribution in [0.2, 0.25) is 5.02 Å². The first-order valence-electron chi connectivity index (χ1n) is 5.96. The molecular weight excluding hydrogens is 249 g/mol. The van der Waals surface area contributed by atoms with Gasteiger partial charge in [-0.2, -0.15) is 0 Å². The van der Waals surface area contributed by atoms with Crippen LogP contribution in [-0.4, -0.2) is 6.54 Å². The predicted octanol–water partition coefficient (Wildman–Crippen LogP) is 4.26. The van der Waals surface area contributed by atoms with E-state index in [1.807, 2.05) is 37.3 Å². The Labute approximate surface area is 112 Å². The van der Waals surface area contributed by atoms with E-state index in [1.165, 1.54) is 0 Å². The van der Waals surface area contributed by atoms with E-state index < -0.39 is 0 Å². The molecule has 2 aromatic rings. The van der Waals surface area contributed by atoms with Crippen molar-refractivity contribution < 1.29 is 4.39 Å². The third kappa shape index (κ3) is 3.09. The van der Waals surface area contributed by atoms with Crippen LogP contribution in [0.5, 0.6) is 0 Å². The third-order valence-electron chi connectivity index (χ3n) is 2.78. The van der Waals surface area contributed by atoms with Crippen molar-refractivity contribution in [2.24, 2.45) is 0 Å². The first-order valence-corrected chi connectivity index (χ1v) is 6.33. The topological polar surface area (TPSA) is 12.0 Å². The Balaban J connectivity index is 2.28. The van der Waals surface area contributed by atoms with Gasteiger partial charge in [0.1, 0.15) is 5.82 Å². The molecule has 0 radical (unpaired) electrons. The number of hydrogen-bond donors (Lipinski definition) is 1. The van der Waals surface area contributed by atoms with E-state index in [-0.39, 0.29) is 5.82 Å². The first kappa shape index (κ1) is 13.1. The minimum Gasteiger partial charge on any atom is -0.313 e. The van der Waals surface area contributed by atoms with Gasteiger partial charge in [-0.05, 0) is 35.9 Å². The SMILES string of the molecule is CCNCc1ccc(-c2cccc(Cl)c2)cc1F. The van der Waals surface area contributed by atoms with E-state index in [4.69, 9.17) is 11.6 Å². The van der Waals surface area contributed by atoms with Gasteiger partial charge >= 0.3 is 0 Å². The minimum atomic E-state index is -0.187. The fourth-order valence-electron chi connectivity index (χ4n) is 1.80. The summed E-state index contributed by atoms with van der Waals surface area (Å²) in [5.41, 5.74) is 2.45. The lowest BCUT2D eigenvalue weighted by Gasteiger charge is -2.07. The number of hydrogen-bond acceptors (Lipinski definition) is 1. The van der Waals surface area contributed by atoms with Gasteiger partial charge < -0.3 is 5.32 Å². The Hall–Kier alpha value is -1.38. The van der Waals surface area contributed by atoms with E-state index in [9.17, 15) is 4.39 Å². The second kappa shape index (κ2) is 5.98. The summed E-state index contributed by atoms with van der Waals surface area (Å²) in [6, 6.07) is 12.7. The molecule has 0 unspecified atom stereocenters. The molecule has 0 amide bonds. The van der Waals surface area contributed by atoms with Gasteiger partial charge in [0.25, 0.3) is 0 Å². The number of rotatable bonds is 4. The van der Waals surface area contributed by atoms with Crippen molar-refractivity contribution in [1.29, 1.82) is 0 Å². The molecule has 0 aliphatic heterocycles. The maximum Gasteiger partial charge on any atom is 0.128 e. The van der Waals surface area contributed by atoms with Crippen molar-refractivity contribution in [1.82, 2.24) is 5.32 Å². The van der Waals surface area contributed by atoms with Crippen LogP contribution in [0.25, 0.3) is 11.1 Å². The summed E-state index contributed by atoms with van der Waals surface area (Å²) in [4.78, 5) is 0. The van der Waals surface area contributed by atoms with Crippen LogP contribution in [-0.2, 0) is 6.54 Å². The highest BCUT2D eigenvalue weighted by atomic mass is 35.5. The quantitative estimate of drug-likeness (QED) is 0.869. The average Bonchev–Trinajstić information content (AvgIpc) is 2.37. The van der Waals surface area contributed by atoms with Crippen LogP contribution >= 0.6 is 11.6 Å². The Morgan fingerprint density at radius 2 is 1.89 bits per heavy atom. The number of benzene rings is 2. The van der Waals surface area contributed by atoms with Crippen LogP contribution < -0.4 is 5.32 Å². The molecule has 0 spiro atoms. The van der Waals surface area contributed by atoms with Crippen LogP contribution in [0.3, 0.4) is 0 Å². The molecule has 0 heterocycles. The molecule has 0 bridgehead atoms. The smallest absolute Gasteiger partial charge is 0.128 e. The second-order valence-corrected chi connectivity index (χ2v) is 4.53. The molecule has 1 nitrogen and oxygen atoms in total. The molecule has 0 aromatic heterocycles. The molecule has 0 aliphatic carbocycles. The Bertz CT molecular complexity index is 540. The average molecular weight is 264 g/mol. The molecule has 0 saturated heterocycles. The Kier molecular flexibility index (Phi) is 4.34. The van der Waals surface area contributed by atoms with Crippen LogP contribution in [0.4, 0.5) is 4.39 Å². The van der Waals surface area contributed by atoms with Crippen molar-refractivity contribution in [3.8, 4) is 11.1 Å². The van der Waals surface area contributed by atoms with E-state index >= 15 is 0 Å². The van der Waals surface area contributed by atoms with E-state index in [1.54, 1.807) is 12.1 Å². The molecule has 2 aromatic carbocycles. The zero-order chi connectivity index (χ0) is 13.0. The molecular formula is C15H15ClFN. The monoisotopic (exact) mass is 263 g/mol.